The van der Waals surface area contributed by atoms with Crippen LogP contribution >= 0.6 is 0 Å². The number of carbonyl (C=O) groups excluding carboxylic acids is 1. The lowest BCUT2D eigenvalue weighted by Crippen LogP contribution is -2.35. The van der Waals surface area contributed by atoms with Crippen molar-refractivity contribution >= 4 is 5.78 Å². The lowest BCUT2D eigenvalue weighted by molar-refractivity contribution is -0.122. The van der Waals surface area contributed by atoms with Crippen LogP contribution in [0.1, 0.15) is 12.8 Å². The molecule has 1 aliphatic rings. The number of piperidine rings is 1. The zero-order valence-electron chi connectivity index (χ0n) is 7.02. The molecule has 0 unspecified atom stereocenters. The van der Waals surface area contributed by atoms with E-state index in [4.69, 9.17) is 0 Å². The molecule has 0 saturated carbocycles. The van der Waals surface area contributed by atoms with Crippen molar-refractivity contribution in [2.75, 3.05) is 26.7 Å². The Morgan fingerprint density at radius 2 is 2.18 bits per heavy atom. The minimum absolute atomic E-state index is 0.309. The average molecular weight is 156 g/mol. The van der Waals surface area contributed by atoms with E-state index >= 15 is 0 Å². The van der Waals surface area contributed by atoms with Crippen LogP contribution in [0.15, 0.2) is 0 Å². The second kappa shape index (κ2) is 4.46. The molecule has 3 nitrogen and oxygen atoms in total. The third-order valence-corrected chi connectivity index (χ3v) is 2.15. The van der Waals surface area contributed by atoms with Crippen LogP contribution in [0.3, 0.4) is 0 Å². The van der Waals surface area contributed by atoms with Gasteiger partial charge in [-0.05, 0) is 33.0 Å². The summed E-state index contributed by atoms with van der Waals surface area (Å²) in [4.78, 5) is 11.3. The van der Waals surface area contributed by atoms with Gasteiger partial charge in [-0.15, -0.1) is 0 Å². The molecule has 0 bridgehead atoms. The zero-order valence-corrected chi connectivity index (χ0v) is 7.02. The predicted molar refractivity (Wildman–Crippen MR) is 44.5 cm³/mol. The van der Waals surface area contributed by atoms with Crippen molar-refractivity contribution in [1.82, 2.24) is 10.6 Å². The van der Waals surface area contributed by atoms with Crippen LogP contribution in [-0.2, 0) is 4.79 Å². The molecule has 0 aromatic rings. The summed E-state index contributed by atoms with van der Waals surface area (Å²) in [6, 6.07) is 0. The highest BCUT2D eigenvalue weighted by Crippen LogP contribution is 2.11. The van der Waals surface area contributed by atoms with Gasteiger partial charge < -0.3 is 10.6 Å². The van der Waals surface area contributed by atoms with Gasteiger partial charge in [-0.1, -0.05) is 0 Å². The van der Waals surface area contributed by atoms with Crippen LogP contribution in [0.4, 0.5) is 0 Å². The smallest absolute Gasteiger partial charge is 0.149 e. The maximum atomic E-state index is 11.3. The molecule has 0 aromatic carbocycles. The van der Waals surface area contributed by atoms with Crippen molar-refractivity contribution in [1.29, 1.82) is 0 Å². The van der Waals surface area contributed by atoms with E-state index in [1.807, 2.05) is 7.05 Å². The molecule has 1 aliphatic heterocycles. The molecule has 1 rings (SSSR count). The number of rotatable bonds is 3. The summed E-state index contributed by atoms with van der Waals surface area (Å²) in [6.07, 6.45) is 2.03. The number of hydrogen-bond donors (Lipinski definition) is 2. The summed E-state index contributed by atoms with van der Waals surface area (Å²) in [5.74, 6) is 0.678. The molecule has 2 N–H and O–H groups in total. The largest absolute Gasteiger partial charge is 0.317 e. The Morgan fingerprint density at radius 1 is 1.55 bits per heavy atom. The fourth-order valence-electron chi connectivity index (χ4n) is 1.46. The van der Waals surface area contributed by atoms with Gasteiger partial charge in [0.25, 0.3) is 0 Å². The summed E-state index contributed by atoms with van der Waals surface area (Å²) in [7, 11) is 1.82. The number of ketones is 1. The summed E-state index contributed by atoms with van der Waals surface area (Å²) < 4.78 is 0. The van der Waals surface area contributed by atoms with Gasteiger partial charge in [0, 0.05) is 5.92 Å². The van der Waals surface area contributed by atoms with Gasteiger partial charge in [0.15, 0.2) is 0 Å². The van der Waals surface area contributed by atoms with Gasteiger partial charge in [0.2, 0.25) is 0 Å². The molecule has 0 radical (unpaired) electrons. The van der Waals surface area contributed by atoms with E-state index in [9.17, 15) is 4.79 Å². The molecule has 0 aromatic heterocycles. The first kappa shape index (κ1) is 8.68. The van der Waals surface area contributed by atoms with Crippen LogP contribution in [0.2, 0.25) is 0 Å². The van der Waals surface area contributed by atoms with E-state index < -0.39 is 0 Å². The fourth-order valence-corrected chi connectivity index (χ4v) is 1.46. The lowest BCUT2D eigenvalue weighted by Gasteiger charge is -2.20. The molecule has 11 heavy (non-hydrogen) atoms. The average Bonchev–Trinajstić information content (AvgIpc) is 2.07. The number of likely N-dealkylation sites (N-methyl/N-ethyl adjacent to an activating group) is 1. The summed E-state index contributed by atoms with van der Waals surface area (Å²) in [5.41, 5.74) is 0. The Labute approximate surface area is 67.5 Å². The van der Waals surface area contributed by atoms with Crippen molar-refractivity contribution in [3.05, 3.63) is 0 Å². The number of nitrogens with one attached hydrogen (secondary N) is 2. The SMILES string of the molecule is CNCC(=O)C1CCNCC1. The Balaban J connectivity index is 2.27. The van der Waals surface area contributed by atoms with Crippen molar-refractivity contribution in [3.63, 3.8) is 0 Å². The maximum absolute atomic E-state index is 11.3. The van der Waals surface area contributed by atoms with E-state index in [0.717, 1.165) is 25.9 Å². The Kier molecular flexibility index (Phi) is 3.52. The normalized spacial score (nSPS) is 20.1. The molecule has 3 heteroatoms. The second-order valence-corrected chi connectivity index (χ2v) is 3.02. The number of carbonyl (C=O) groups is 1. The van der Waals surface area contributed by atoms with E-state index in [2.05, 4.69) is 10.6 Å². The van der Waals surface area contributed by atoms with Crippen molar-refractivity contribution in [2.45, 2.75) is 12.8 Å². The topological polar surface area (TPSA) is 41.1 Å². The van der Waals surface area contributed by atoms with Gasteiger partial charge >= 0.3 is 0 Å². The van der Waals surface area contributed by atoms with Crippen LogP contribution < -0.4 is 10.6 Å². The summed E-state index contributed by atoms with van der Waals surface area (Å²) in [6.45, 7) is 2.53. The second-order valence-electron chi connectivity index (χ2n) is 3.02. The van der Waals surface area contributed by atoms with Gasteiger partial charge in [-0.3, -0.25) is 4.79 Å². The molecule has 1 saturated heterocycles. The van der Waals surface area contributed by atoms with Crippen LogP contribution in [0.25, 0.3) is 0 Å². The van der Waals surface area contributed by atoms with E-state index in [-0.39, 0.29) is 0 Å². The molecule has 0 amide bonds. The summed E-state index contributed by atoms with van der Waals surface area (Å²) in [5, 5.41) is 6.13. The Hall–Kier alpha value is -0.410. The third-order valence-electron chi connectivity index (χ3n) is 2.15. The highest BCUT2D eigenvalue weighted by atomic mass is 16.1. The zero-order chi connectivity index (χ0) is 8.10. The highest BCUT2D eigenvalue weighted by Gasteiger charge is 2.19. The highest BCUT2D eigenvalue weighted by molar-refractivity contribution is 5.83. The molecule has 1 fully saturated rings. The van der Waals surface area contributed by atoms with E-state index in [1.165, 1.54) is 0 Å². The first-order valence-corrected chi connectivity index (χ1v) is 4.22. The number of hydrogen-bond acceptors (Lipinski definition) is 3. The Bertz CT molecular complexity index is 130. The van der Waals surface area contributed by atoms with E-state index in [1.54, 1.807) is 0 Å². The minimum atomic E-state index is 0.309. The molecule has 0 aliphatic carbocycles. The first-order valence-electron chi connectivity index (χ1n) is 4.22. The molecular weight excluding hydrogens is 140 g/mol. The van der Waals surface area contributed by atoms with Gasteiger partial charge in [-0.25, -0.2) is 0 Å². The minimum Gasteiger partial charge on any atom is -0.317 e. The Morgan fingerprint density at radius 3 is 2.73 bits per heavy atom. The quantitative estimate of drug-likeness (QED) is 0.593. The molecule has 1 heterocycles. The maximum Gasteiger partial charge on any atom is 0.149 e. The van der Waals surface area contributed by atoms with Crippen molar-refractivity contribution in [2.24, 2.45) is 5.92 Å². The monoisotopic (exact) mass is 156 g/mol. The third kappa shape index (κ3) is 2.60. The van der Waals surface area contributed by atoms with Gasteiger partial charge in [0.05, 0.1) is 6.54 Å². The number of Topliss-reactive ketones (excluding diaryl/α,β-unsaturated/α-hetero) is 1. The van der Waals surface area contributed by atoms with Crippen molar-refractivity contribution < 1.29 is 4.79 Å². The van der Waals surface area contributed by atoms with Crippen LogP contribution in [-0.4, -0.2) is 32.5 Å². The van der Waals surface area contributed by atoms with Gasteiger partial charge in [0.1, 0.15) is 5.78 Å². The van der Waals surface area contributed by atoms with Crippen molar-refractivity contribution in [3.8, 4) is 0 Å². The molecular formula is C8H16N2O. The molecule has 0 atom stereocenters. The molecule has 64 valence electrons. The standard InChI is InChI=1S/C8H16N2O/c1-9-6-8(11)7-2-4-10-5-3-7/h7,9-10H,2-6H2,1H3. The first-order chi connectivity index (χ1) is 5.34. The summed E-state index contributed by atoms with van der Waals surface area (Å²) >= 11 is 0. The van der Waals surface area contributed by atoms with Gasteiger partial charge in [-0.2, -0.15) is 0 Å². The molecule has 0 spiro atoms. The van der Waals surface area contributed by atoms with E-state index in [0.29, 0.717) is 18.2 Å². The van der Waals surface area contributed by atoms with Crippen LogP contribution in [0, 0.1) is 5.92 Å². The fraction of sp³-hybridized carbons (Fsp3) is 0.875. The predicted octanol–water partition coefficient (Wildman–Crippen LogP) is -0.226. The van der Waals surface area contributed by atoms with Crippen LogP contribution in [0.5, 0.6) is 0 Å². The lowest BCUT2D eigenvalue weighted by atomic mass is 9.93.